The molecule has 15 rings (SSSR count). The molecule has 0 saturated heterocycles. The molecule has 10 aromatic rings. The molecule has 76 heavy (non-hydrogen) atoms. The van der Waals surface area contributed by atoms with Crippen molar-refractivity contribution >= 4 is 34.1 Å². The van der Waals surface area contributed by atoms with Crippen molar-refractivity contribution < 1.29 is 0 Å². The van der Waals surface area contributed by atoms with Gasteiger partial charge in [-0.2, -0.15) is 0 Å². The fourth-order valence-corrected chi connectivity index (χ4v) is 15.9. The first kappa shape index (κ1) is 45.2. The molecule has 1 spiro atoms. The first-order valence-corrected chi connectivity index (χ1v) is 28.2. The van der Waals surface area contributed by atoms with Crippen LogP contribution in [0.5, 0.6) is 0 Å². The lowest BCUT2D eigenvalue weighted by Crippen LogP contribution is -2.34. The number of fused-ring (bicyclic) bond motifs is 5. The minimum atomic E-state index is -0.514. The summed E-state index contributed by atoms with van der Waals surface area (Å²) in [6.45, 7) is 0. The highest BCUT2D eigenvalue weighted by molar-refractivity contribution is 5.93. The highest BCUT2D eigenvalue weighted by atomic mass is 15.2. The SMILES string of the molecule is c1ccc(N(c2ccc3c(c2)C(c2ccccc2)(c2ccccc2)c2ccccc2-3)c2cccc3c2C24c5c(cccc5N(c5ccccc5)c5ccccc5-c5ccc(C6CCCCC6)cc5)CC2CCC4C3)cc1. The van der Waals surface area contributed by atoms with Gasteiger partial charge < -0.3 is 9.80 Å². The molecule has 3 atom stereocenters. The van der Waals surface area contributed by atoms with Gasteiger partial charge in [0.25, 0.3) is 0 Å². The second-order valence-corrected chi connectivity index (χ2v) is 22.4. The van der Waals surface area contributed by atoms with Crippen molar-refractivity contribution in [3.05, 3.63) is 299 Å². The third-order valence-electron chi connectivity index (χ3n) is 18.8. The summed E-state index contributed by atoms with van der Waals surface area (Å²) in [6.07, 6.45) is 11.3. The van der Waals surface area contributed by atoms with E-state index in [9.17, 15) is 0 Å². The van der Waals surface area contributed by atoms with Crippen LogP contribution in [-0.4, -0.2) is 0 Å². The zero-order valence-electron chi connectivity index (χ0n) is 43.2. The molecule has 0 N–H and O–H groups in total. The van der Waals surface area contributed by atoms with Crippen LogP contribution in [0, 0.1) is 11.8 Å². The maximum atomic E-state index is 2.64. The average Bonchev–Trinajstić information content (AvgIpc) is 4.39. The van der Waals surface area contributed by atoms with Gasteiger partial charge in [0.1, 0.15) is 0 Å². The number of hydrogen-bond acceptors (Lipinski definition) is 2. The first-order chi connectivity index (χ1) is 37.7. The quantitative estimate of drug-likeness (QED) is 0.135. The van der Waals surface area contributed by atoms with Gasteiger partial charge in [-0.25, -0.2) is 0 Å². The van der Waals surface area contributed by atoms with Crippen LogP contribution < -0.4 is 9.80 Å². The van der Waals surface area contributed by atoms with E-state index in [2.05, 4.69) is 259 Å². The van der Waals surface area contributed by atoms with Gasteiger partial charge in [-0.3, -0.25) is 0 Å². The van der Waals surface area contributed by atoms with Crippen LogP contribution in [0.1, 0.15) is 101 Å². The van der Waals surface area contributed by atoms with Crippen molar-refractivity contribution in [2.24, 2.45) is 11.8 Å². The van der Waals surface area contributed by atoms with Crippen LogP contribution >= 0.6 is 0 Å². The molecule has 2 fully saturated rings. The third-order valence-corrected chi connectivity index (χ3v) is 18.8. The van der Waals surface area contributed by atoms with Crippen LogP contribution in [0.2, 0.25) is 0 Å². The maximum Gasteiger partial charge on any atom is 0.0714 e. The summed E-state index contributed by atoms with van der Waals surface area (Å²) >= 11 is 0. The molecule has 2 saturated carbocycles. The molecule has 3 unspecified atom stereocenters. The van der Waals surface area contributed by atoms with Crippen molar-refractivity contribution in [1.82, 2.24) is 0 Å². The number of anilines is 6. The van der Waals surface area contributed by atoms with E-state index >= 15 is 0 Å². The van der Waals surface area contributed by atoms with E-state index in [1.807, 2.05) is 0 Å². The van der Waals surface area contributed by atoms with Crippen LogP contribution in [0.4, 0.5) is 34.1 Å². The van der Waals surface area contributed by atoms with Crippen molar-refractivity contribution in [2.75, 3.05) is 9.80 Å². The van der Waals surface area contributed by atoms with Crippen LogP contribution in [-0.2, 0) is 23.7 Å². The standard InChI is InChI=1S/C74H62N2/c1-6-22-51(23-7-1)52-40-42-53(43-41-52)63-34-17-19-37-68(63)76(61-32-14-5-15-33-61)70-39-21-25-55-49-59-45-44-58-48-54-24-20-38-69(71(54)74(58,59)72(55)70)75(60-30-12-4-13-31-60)62-46-47-65-64-35-16-18-36-66(64)73(67(65)50-62,56-26-8-2-9-27-56)57-28-10-3-11-29-57/h2-5,8-21,24-43,46-47,50-51,58-59H,1,6-7,22-23,44-45,48-49H2. The molecule has 0 heterocycles. The van der Waals surface area contributed by atoms with E-state index < -0.39 is 5.41 Å². The molecule has 5 aliphatic rings. The van der Waals surface area contributed by atoms with Gasteiger partial charge >= 0.3 is 0 Å². The molecule has 0 aromatic heterocycles. The number of nitrogens with zero attached hydrogens (tertiary/aromatic N) is 2. The number of hydrogen-bond donors (Lipinski definition) is 0. The Labute approximate surface area is 449 Å². The average molecular weight is 979 g/mol. The molecule has 368 valence electrons. The van der Waals surface area contributed by atoms with Crippen LogP contribution in [0.25, 0.3) is 22.3 Å². The fraction of sp³-hybridized carbons (Fsp3) is 0.189. The molecule has 0 radical (unpaired) electrons. The maximum absolute atomic E-state index is 2.64. The summed E-state index contributed by atoms with van der Waals surface area (Å²) in [6, 6.07) is 94.9. The summed E-state index contributed by atoms with van der Waals surface area (Å²) in [7, 11) is 0. The minimum Gasteiger partial charge on any atom is -0.310 e. The Balaban J connectivity index is 0.939. The van der Waals surface area contributed by atoms with Crippen molar-refractivity contribution in [3.63, 3.8) is 0 Å². The molecule has 0 bridgehead atoms. The lowest BCUT2D eigenvalue weighted by atomic mass is 9.67. The van der Waals surface area contributed by atoms with Gasteiger partial charge in [-0.05, 0) is 178 Å². The first-order valence-electron chi connectivity index (χ1n) is 28.2. The zero-order valence-corrected chi connectivity index (χ0v) is 43.2. The largest absolute Gasteiger partial charge is 0.310 e. The highest BCUT2D eigenvalue weighted by Gasteiger charge is 2.62. The van der Waals surface area contributed by atoms with Crippen LogP contribution in [0.15, 0.2) is 249 Å². The minimum absolute atomic E-state index is 0.195. The van der Waals surface area contributed by atoms with Gasteiger partial charge in [0.2, 0.25) is 0 Å². The monoisotopic (exact) mass is 978 g/mol. The Bertz CT molecular complexity index is 3720. The Morgan fingerprint density at radius 2 is 0.842 bits per heavy atom. The van der Waals surface area contributed by atoms with E-state index in [0.29, 0.717) is 17.8 Å². The Kier molecular flexibility index (Phi) is 10.9. The van der Waals surface area contributed by atoms with Crippen molar-refractivity contribution in [2.45, 2.75) is 74.5 Å². The third kappa shape index (κ3) is 6.78. The molecule has 10 aromatic carbocycles. The Hall–Kier alpha value is -8.20. The number of rotatable bonds is 10. The second kappa shape index (κ2) is 18.3. The molecular weight excluding hydrogens is 917 g/mol. The van der Waals surface area contributed by atoms with E-state index in [1.54, 1.807) is 0 Å². The van der Waals surface area contributed by atoms with Crippen molar-refractivity contribution in [3.8, 4) is 22.3 Å². The Morgan fingerprint density at radius 1 is 0.342 bits per heavy atom. The van der Waals surface area contributed by atoms with Crippen LogP contribution in [0.3, 0.4) is 0 Å². The summed E-state index contributed by atoms with van der Waals surface area (Å²) in [4.78, 5) is 5.27. The predicted octanol–water partition coefficient (Wildman–Crippen LogP) is 19.1. The summed E-state index contributed by atoms with van der Waals surface area (Å²) in [5.74, 6) is 1.63. The lowest BCUT2D eigenvalue weighted by molar-refractivity contribution is 0.350. The molecule has 2 nitrogen and oxygen atoms in total. The normalized spacial score (nSPS) is 19.5. The lowest BCUT2D eigenvalue weighted by Gasteiger charge is -2.40. The van der Waals surface area contributed by atoms with Gasteiger partial charge in [0.05, 0.1) is 22.5 Å². The van der Waals surface area contributed by atoms with Gasteiger partial charge in [0.15, 0.2) is 0 Å². The molecule has 0 amide bonds. The number of para-hydroxylation sites is 3. The van der Waals surface area contributed by atoms with E-state index in [4.69, 9.17) is 0 Å². The fourth-order valence-electron chi connectivity index (χ4n) is 15.9. The van der Waals surface area contributed by atoms with Gasteiger partial charge in [-0.1, -0.05) is 213 Å². The van der Waals surface area contributed by atoms with Gasteiger partial charge in [-0.15, -0.1) is 0 Å². The van der Waals surface area contributed by atoms with E-state index in [1.165, 1.54) is 151 Å². The summed E-state index contributed by atoms with van der Waals surface area (Å²) < 4.78 is 0. The van der Waals surface area contributed by atoms with E-state index in [-0.39, 0.29) is 5.41 Å². The zero-order chi connectivity index (χ0) is 50.2. The predicted molar refractivity (Wildman–Crippen MR) is 315 cm³/mol. The van der Waals surface area contributed by atoms with Crippen molar-refractivity contribution in [1.29, 1.82) is 0 Å². The summed E-state index contributed by atoms with van der Waals surface area (Å²) in [5.41, 5.74) is 24.6. The summed E-state index contributed by atoms with van der Waals surface area (Å²) in [5, 5.41) is 0. The molecule has 0 aliphatic heterocycles. The highest BCUT2D eigenvalue weighted by Crippen LogP contribution is 2.69. The Morgan fingerprint density at radius 3 is 1.46 bits per heavy atom. The topological polar surface area (TPSA) is 6.48 Å². The molecular formula is C74H62N2. The molecule has 2 heteroatoms. The van der Waals surface area contributed by atoms with Gasteiger partial charge in [0, 0.05) is 28.0 Å². The smallest absolute Gasteiger partial charge is 0.0714 e. The van der Waals surface area contributed by atoms with E-state index in [0.717, 1.165) is 12.8 Å². The number of benzene rings is 10. The molecule has 5 aliphatic carbocycles. The second-order valence-electron chi connectivity index (χ2n) is 22.4.